The van der Waals surface area contributed by atoms with Crippen molar-refractivity contribution in [2.24, 2.45) is 0 Å². The summed E-state index contributed by atoms with van der Waals surface area (Å²) in [5.41, 5.74) is 0.690. The average Bonchev–Trinajstić information content (AvgIpc) is 2.47. The molecule has 0 radical (unpaired) electrons. The zero-order chi connectivity index (χ0) is 15.2. The van der Waals surface area contributed by atoms with Crippen molar-refractivity contribution in [1.82, 2.24) is 9.88 Å². The van der Waals surface area contributed by atoms with Crippen LogP contribution in [0.25, 0.3) is 10.8 Å². The molecule has 21 heavy (non-hydrogen) atoms. The number of benzene rings is 1. The second-order valence-corrected chi connectivity index (χ2v) is 4.75. The van der Waals surface area contributed by atoms with E-state index in [1.165, 1.54) is 4.90 Å². The zero-order valence-corrected chi connectivity index (χ0v) is 11.7. The molecule has 0 bridgehead atoms. The standard InChI is InChI=1S/C15H17N3O3/c1-18(9-3-6-14(19)20)15(21)17-13-5-2-4-11-7-8-16-10-12(11)13/h2,4-5,7-8,10H,3,6,9H2,1H3,(H,17,21)(H,19,20). The van der Waals surface area contributed by atoms with Crippen LogP contribution in [0.1, 0.15) is 12.8 Å². The van der Waals surface area contributed by atoms with Crippen molar-refractivity contribution >= 4 is 28.5 Å². The third kappa shape index (κ3) is 3.92. The van der Waals surface area contributed by atoms with E-state index >= 15 is 0 Å². The molecule has 0 atom stereocenters. The van der Waals surface area contributed by atoms with Crippen LogP contribution >= 0.6 is 0 Å². The largest absolute Gasteiger partial charge is 0.481 e. The lowest BCUT2D eigenvalue weighted by Gasteiger charge is -2.18. The van der Waals surface area contributed by atoms with Crippen molar-refractivity contribution in [3.05, 3.63) is 36.7 Å². The minimum Gasteiger partial charge on any atom is -0.481 e. The highest BCUT2D eigenvalue weighted by Crippen LogP contribution is 2.22. The Labute approximate surface area is 122 Å². The number of rotatable bonds is 5. The Hall–Kier alpha value is -2.63. The molecule has 0 aliphatic rings. The normalized spacial score (nSPS) is 10.3. The van der Waals surface area contributed by atoms with Crippen LogP contribution in [0.4, 0.5) is 10.5 Å². The van der Waals surface area contributed by atoms with Gasteiger partial charge in [-0.3, -0.25) is 9.78 Å². The molecule has 2 N–H and O–H groups in total. The topological polar surface area (TPSA) is 82.5 Å². The Bertz CT molecular complexity index is 652. The van der Waals surface area contributed by atoms with E-state index in [2.05, 4.69) is 10.3 Å². The minimum atomic E-state index is -0.857. The summed E-state index contributed by atoms with van der Waals surface area (Å²) < 4.78 is 0. The number of carboxylic acid groups (broad SMARTS) is 1. The number of amides is 2. The van der Waals surface area contributed by atoms with Gasteiger partial charge in [0.05, 0.1) is 5.69 Å². The third-order valence-corrected chi connectivity index (χ3v) is 3.16. The number of carbonyl (C=O) groups is 2. The lowest BCUT2D eigenvalue weighted by molar-refractivity contribution is -0.137. The van der Waals surface area contributed by atoms with Gasteiger partial charge in [0.25, 0.3) is 0 Å². The summed E-state index contributed by atoms with van der Waals surface area (Å²) in [5, 5.41) is 13.3. The molecular formula is C15H17N3O3. The van der Waals surface area contributed by atoms with Crippen molar-refractivity contribution in [3.8, 4) is 0 Å². The summed E-state index contributed by atoms with van der Waals surface area (Å²) in [6.45, 7) is 0.390. The molecule has 1 aromatic carbocycles. The van der Waals surface area contributed by atoms with Crippen LogP contribution in [0.15, 0.2) is 36.7 Å². The van der Waals surface area contributed by atoms with E-state index in [0.717, 1.165) is 10.8 Å². The fourth-order valence-corrected chi connectivity index (χ4v) is 2.00. The minimum absolute atomic E-state index is 0.0514. The highest BCUT2D eigenvalue weighted by Gasteiger charge is 2.11. The van der Waals surface area contributed by atoms with Crippen molar-refractivity contribution in [2.75, 3.05) is 18.9 Å². The Morgan fingerprint density at radius 2 is 2.14 bits per heavy atom. The maximum absolute atomic E-state index is 12.1. The Balaban J connectivity index is 2.02. The molecule has 110 valence electrons. The molecule has 2 aromatic rings. The van der Waals surface area contributed by atoms with Gasteiger partial charge < -0.3 is 15.3 Å². The Kier molecular flexibility index (Phi) is 4.71. The van der Waals surface area contributed by atoms with Crippen LogP contribution in [0.5, 0.6) is 0 Å². The van der Waals surface area contributed by atoms with Crippen LogP contribution in [0, 0.1) is 0 Å². The zero-order valence-electron chi connectivity index (χ0n) is 11.7. The molecule has 1 heterocycles. The number of anilines is 1. The van der Waals surface area contributed by atoms with Gasteiger partial charge in [-0.05, 0) is 23.9 Å². The summed E-state index contributed by atoms with van der Waals surface area (Å²) in [7, 11) is 1.64. The Morgan fingerprint density at radius 3 is 2.90 bits per heavy atom. The van der Waals surface area contributed by atoms with Gasteiger partial charge in [-0.15, -0.1) is 0 Å². The van der Waals surface area contributed by atoms with E-state index in [-0.39, 0.29) is 12.5 Å². The van der Waals surface area contributed by atoms with E-state index in [0.29, 0.717) is 18.7 Å². The van der Waals surface area contributed by atoms with Gasteiger partial charge >= 0.3 is 12.0 Å². The van der Waals surface area contributed by atoms with Crippen LogP contribution in [0.3, 0.4) is 0 Å². The fraction of sp³-hybridized carbons (Fsp3) is 0.267. The highest BCUT2D eigenvalue weighted by molar-refractivity contribution is 6.01. The second-order valence-electron chi connectivity index (χ2n) is 4.75. The number of nitrogens with one attached hydrogen (secondary N) is 1. The first-order valence-corrected chi connectivity index (χ1v) is 6.64. The summed E-state index contributed by atoms with van der Waals surface area (Å²) in [5.74, 6) is -0.857. The first kappa shape index (κ1) is 14.8. The summed E-state index contributed by atoms with van der Waals surface area (Å²) in [4.78, 5) is 28.1. The molecule has 0 aliphatic carbocycles. The van der Waals surface area contributed by atoms with Crippen molar-refractivity contribution in [3.63, 3.8) is 0 Å². The van der Waals surface area contributed by atoms with Gasteiger partial charge in [0.2, 0.25) is 0 Å². The maximum Gasteiger partial charge on any atom is 0.321 e. The molecule has 1 aromatic heterocycles. The van der Waals surface area contributed by atoms with E-state index in [1.807, 2.05) is 24.3 Å². The molecule has 0 spiro atoms. The van der Waals surface area contributed by atoms with E-state index < -0.39 is 5.97 Å². The Morgan fingerprint density at radius 1 is 1.33 bits per heavy atom. The molecule has 2 amide bonds. The number of fused-ring (bicyclic) bond motifs is 1. The maximum atomic E-state index is 12.1. The number of urea groups is 1. The second kappa shape index (κ2) is 6.69. The molecular weight excluding hydrogens is 270 g/mol. The number of pyridine rings is 1. The van der Waals surface area contributed by atoms with Gasteiger partial charge in [0.15, 0.2) is 0 Å². The third-order valence-electron chi connectivity index (χ3n) is 3.16. The number of nitrogens with zero attached hydrogens (tertiary/aromatic N) is 2. The van der Waals surface area contributed by atoms with Gasteiger partial charge in [0, 0.05) is 37.8 Å². The predicted molar refractivity (Wildman–Crippen MR) is 80.3 cm³/mol. The quantitative estimate of drug-likeness (QED) is 0.885. The van der Waals surface area contributed by atoms with Gasteiger partial charge in [-0.25, -0.2) is 4.79 Å². The van der Waals surface area contributed by atoms with Crippen LogP contribution in [-0.4, -0.2) is 40.6 Å². The summed E-state index contributed by atoms with van der Waals surface area (Å²) in [6.07, 6.45) is 3.88. The fourth-order valence-electron chi connectivity index (χ4n) is 2.00. The predicted octanol–water partition coefficient (Wildman–Crippen LogP) is 2.56. The lowest BCUT2D eigenvalue weighted by Crippen LogP contribution is -2.32. The van der Waals surface area contributed by atoms with Crippen molar-refractivity contribution in [2.45, 2.75) is 12.8 Å². The smallest absolute Gasteiger partial charge is 0.321 e. The molecule has 0 unspecified atom stereocenters. The van der Waals surface area contributed by atoms with Crippen molar-refractivity contribution < 1.29 is 14.7 Å². The SMILES string of the molecule is CN(CCCC(=O)O)C(=O)Nc1cccc2ccncc12. The van der Waals surface area contributed by atoms with E-state index in [1.54, 1.807) is 19.4 Å². The monoisotopic (exact) mass is 287 g/mol. The molecule has 6 nitrogen and oxygen atoms in total. The van der Waals surface area contributed by atoms with Gasteiger partial charge in [0.1, 0.15) is 0 Å². The number of aromatic nitrogens is 1. The molecule has 0 aliphatic heterocycles. The van der Waals surface area contributed by atoms with E-state index in [9.17, 15) is 9.59 Å². The molecule has 0 saturated heterocycles. The summed E-state index contributed by atoms with van der Waals surface area (Å²) >= 11 is 0. The van der Waals surface area contributed by atoms with Crippen LogP contribution in [-0.2, 0) is 4.79 Å². The first-order valence-electron chi connectivity index (χ1n) is 6.64. The van der Waals surface area contributed by atoms with Crippen LogP contribution in [0.2, 0.25) is 0 Å². The molecule has 6 heteroatoms. The molecule has 0 saturated carbocycles. The first-order chi connectivity index (χ1) is 10.1. The van der Waals surface area contributed by atoms with Gasteiger partial charge in [-0.1, -0.05) is 12.1 Å². The van der Waals surface area contributed by atoms with E-state index in [4.69, 9.17) is 5.11 Å². The number of carbonyl (C=O) groups excluding carboxylic acids is 1. The van der Waals surface area contributed by atoms with Gasteiger partial charge in [-0.2, -0.15) is 0 Å². The number of hydrogen-bond donors (Lipinski definition) is 2. The number of aliphatic carboxylic acids is 1. The summed E-state index contributed by atoms with van der Waals surface area (Å²) in [6, 6.07) is 7.23. The van der Waals surface area contributed by atoms with Crippen LogP contribution < -0.4 is 5.32 Å². The lowest BCUT2D eigenvalue weighted by atomic mass is 10.1. The average molecular weight is 287 g/mol. The molecule has 2 rings (SSSR count). The highest BCUT2D eigenvalue weighted by atomic mass is 16.4. The molecule has 0 fully saturated rings. The number of hydrogen-bond acceptors (Lipinski definition) is 3. The number of carboxylic acids is 1. The van der Waals surface area contributed by atoms with Crippen molar-refractivity contribution in [1.29, 1.82) is 0 Å².